The van der Waals surface area contributed by atoms with Crippen LogP contribution in [-0.4, -0.2) is 33.9 Å². The molecular weight excluding hydrogens is 576 g/mol. The maximum atomic E-state index is 13.6. The first kappa shape index (κ1) is 26.1. The van der Waals surface area contributed by atoms with E-state index >= 15 is 0 Å². The third-order valence-corrected chi connectivity index (χ3v) is 8.56. The molecule has 0 amide bonds. The van der Waals surface area contributed by atoms with Crippen molar-refractivity contribution in [3.63, 3.8) is 0 Å². The Morgan fingerprint density at radius 2 is 2.00 bits per heavy atom. The van der Waals surface area contributed by atoms with Crippen molar-refractivity contribution in [1.29, 1.82) is 0 Å². The van der Waals surface area contributed by atoms with Gasteiger partial charge in [-0.15, -0.1) is 5.10 Å². The number of rotatable bonds is 7. The Balaban J connectivity index is 1.49. The lowest BCUT2D eigenvalue weighted by Gasteiger charge is -2.30. The standard InChI is InChI=1S/C27H28BrClN4O3S/c1-16-23(25(34)36-19-9-4-3-5-10-19)24(17-12-13-22(35-2)20(28)14-17)33-26(30-16)31-27(32-33)37-15-18-8-6-7-11-21(18)29/h6-8,11-14,19,24H,3-5,9-10,15H2,1-2H3,(H,30,31,32). The maximum Gasteiger partial charge on any atom is 0.338 e. The van der Waals surface area contributed by atoms with Crippen LogP contribution in [0.15, 0.2) is 63.4 Å². The van der Waals surface area contributed by atoms with Crippen LogP contribution >= 0.6 is 39.3 Å². The number of nitrogens with one attached hydrogen (secondary N) is 1. The molecule has 1 unspecified atom stereocenters. The first-order chi connectivity index (χ1) is 17.9. The molecule has 7 nitrogen and oxygen atoms in total. The van der Waals surface area contributed by atoms with Gasteiger partial charge in [-0.05, 0) is 77.9 Å². The second-order valence-corrected chi connectivity index (χ2v) is 11.4. The Hall–Kier alpha value is -2.49. The van der Waals surface area contributed by atoms with Crippen LogP contribution in [-0.2, 0) is 15.3 Å². The zero-order valence-corrected chi connectivity index (χ0v) is 23.8. The molecule has 1 aliphatic carbocycles. The van der Waals surface area contributed by atoms with E-state index < -0.39 is 6.04 Å². The number of hydrogen-bond donors (Lipinski definition) is 1. The fraction of sp³-hybridized carbons (Fsp3) is 0.370. The lowest BCUT2D eigenvalue weighted by atomic mass is 9.95. The predicted octanol–water partition coefficient (Wildman–Crippen LogP) is 7.16. The van der Waals surface area contributed by atoms with Crippen molar-refractivity contribution in [2.75, 3.05) is 12.4 Å². The summed E-state index contributed by atoms with van der Waals surface area (Å²) in [5.41, 5.74) is 3.12. The number of carbonyl (C=O) groups excluding carboxylic acids is 1. The van der Waals surface area contributed by atoms with Crippen molar-refractivity contribution in [2.24, 2.45) is 0 Å². The highest BCUT2D eigenvalue weighted by atomic mass is 79.9. The van der Waals surface area contributed by atoms with Crippen LogP contribution in [0.5, 0.6) is 5.75 Å². The van der Waals surface area contributed by atoms with Gasteiger partial charge in [-0.1, -0.05) is 54.0 Å². The van der Waals surface area contributed by atoms with E-state index in [1.54, 1.807) is 11.8 Å². The molecule has 10 heteroatoms. The molecule has 2 aliphatic rings. The van der Waals surface area contributed by atoms with Gasteiger partial charge in [0.25, 0.3) is 0 Å². The van der Waals surface area contributed by atoms with Crippen molar-refractivity contribution in [1.82, 2.24) is 14.8 Å². The van der Waals surface area contributed by atoms with Gasteiger partial charge in [-0.3, -0.25) is 0 Å². The van der Waals surface area contributed by atoms with Gasteiger partial charge in [0.05, 0.1) is 17.2 Å². The molecule has 2 aromatic carbocycles. The number of thioether (sulfide) groups is 1. The molecule has 0 bridgehead atoms. The third-order valence-electron chi connectivity index (χ3n) is 6.69. The summed E-state index contributed by atoms with van der Waals surface area (Å²) >= 11 is 11.4. The smallest absolute Gasteiger partial charge is 0.338 e. The van der Waals surface area contributed by atoms with E-state index in [9.17, 15) is 4.79 Å². The number of anilines is 1. The van der Waals surface area contributed by atoms with E-state index in [4.69, 9.17) is 31.2 Å². The number of methoxy groups -OCH3 is 1. The Morgan fingerprint density at radius 1 is 1.22 bits per heavy atom. The number of fused-ring (bicyclic) bond motifs is 1. The maximum absolute atomic E-state index is 13.6. The minimum Gasteiger partial charge on any atom is -0.496 e. The van der Waals surface area contributed by atoms with E-state index in [-0.39, 0.29) is 12.1 Å². The molecule has 2 heterocycles. The molecule has 5 rings (SSSR count). The molecule has 0 spiro atoms. The summed E-state index contributed by atoms with van der Waals surface area (Å²) in [6, 6.07) is 13.0. The normalized spacial score (nSPS) is 17.8. The fourth-order valence-corrected chi connectivity index (χ4v) is 6.45. The van der Waals surface area contributed by atoms with Crippen LogP contribution in [0, 0.1) is 0 Å². The van der Waals surface area contributed by atoms with Gasteiger partial charge in [0.1, 0.15) is 17.9 Å². The highest BCUT2D eigenvalue weighted by Gasteiger charge is 2.36. The quantitative estimate of drug-likeness (QED) is 0.227. The number of nitrogens with zero attached hydrogens (tertiary/aromatic N) is 3. The predicted molar refractivity (Wildman–Crippen MR) is 149 cm³/mol. The van der Waals surface area contributed by atoms with Crippen molar-refractivity contribution >= 4 is 51.2 Å². The van der Waals surface area contributed by atoms with Gasteiger partial charge in [-0.25, -0.2) is 9.48 Å². The SMILES string of the molecule is COc1ccc(C2C(C(=O)OC3CCCCC3)=C(C)Nc3nc(SCc4ccccc4Cl)nn32)cc1Br. The summed E-state index contributed by atoms with van der Waals surface area (Å²) < 4.78 is 14.0. The number of ether oxygens (including phenoxy) is 2. The van der Waals surface area contributed by atoms with Crippen LogP contribution in [0.3, 0.4) is 0 Å². The molecule has 37 heavy (non-hydrogen) atoms. The van der Waals surface area contributed by atoms with Crippen molar-refractivity contribution in [2.45, 2.75) is 62.1 Å². The number of halogens is 2. The first-order valence-electron chi connectivity index (χ1n) is 12.3. The molecule has 3 aromatic rings. The summed E-state index contributed by atoms with van der Waals surface area (Å²) in [6.07, 6.45) is 5.12. The second-order valence-electron chi connectivity index (χ2n) is 9.17. The minimum absolute atomic E-state index is 0.0521. The summed E-state index contributed by atoms with van der Waals surface area (Å²) in [5.74, 6) is 1.59. The van der Waals surface area contributed by atoms with Crippen LogP contribution in [0.1, 0.15) is 56.2 Å². The Kier molecular flexibility index (Phi) is 8.12. The van der Waals surface area contributed by atoms with Gasteiger partial charge in [0.2, 0.25) is 11.1 Å². The number of hydrogen-bond acceptors (Lipinski definition) is 7. The lowest BCUT2D eigenvalue weighted by molar-refractivity contribution is -0.146. The Morgan fingerprint density at radius 3 is 2.73 bits per heavy atom. The van der Waals surface area contributed by atoms with Crippen LogP contribution in [0.4, 0.5) is 5.95 Å². The average Bonchev–Trinajstić information content (AvgIpc) is 3.30. The van der Waals surface area contributed by atoms with E-state index in [0.717, 1.165) is 41.3 Å². The molecule has 194 valence electrons. The number of allylic oxidation sites excluding steroid dienone is 1. The molecule has 1 fully saturated rings. The van der Waals surface area contributed by atoms with Gasteiger partial charge in [0, 0.05) is 16.5 Å². The molecule has 1 aromatic heterocycles. The van der Waals surface area contributed by atoms with E-state index in [0.29, 0.717) is 38.9 Å². The van der Waals surface area contributed by atoms with Crippen molar-refractivity contribution in [3.8, 4) is 5.75 Å². The van der Waals surface area contributed by atoms with E-state index in [1.807, 2.05) is 49.4 Å². The molecular formula is C27H28BrClN4O3S. The zero-order valence-electron chi connectivity index (χ0n) is 20.7. The van der Waals surface area contributed by atoms with Gasteiger partial charge in [-0.2, -0.15) is 4.98 Å². The van der Waals surface area contributed by atoms with Gasteiger partial charge >= 0.3 is 5.97 Å². The van der Waals surface area contributed by atoms with Gasteiger partial charge in [0.15, 0.2) is 0 Å². The van der Waals surface area contributed by atoms with Crippen LogP contribution in [0.25, 0.3) is 0 Å². The van der Waals surface area contributed by atoms with Crippen LogP contribution < -0.4 is 10.1 Å². The number of carbonyl (C=O) groups is 1. The largest absolute Gasteiger partial charge is 0.496 e. The van der Waals surface area contributed by atoms with E-state index in [1.165, 1.54) is 18.2 Å². The monoisotopic (exact) mass is 602 g/mol. The highest BCUT2D eigenvalue weighted by molar-refractivity contribution is 9.10. The Bertz CT molecular complexity index is 1340. The van der Waals surface area contributed by atoms with Crippen molar-refractivity contribution < 1.29 is 14.3 Å². The molecule has 1 saturated carbocycles. The topological polar surface area (TPSA) is 78.3 Å². The number of esters is 1. The zero-order chi connectivity index (χ0) is 25.9. The lowest BCUT2D eigenvalue weighted by Crippen LogP contribution is -2.32. The summed E-state index contributed by atoms with van der Waals surface area (Å²) in [6.45, 7) is 1.89. The molecule has 0 saturated heterocycles. The van der Waals surface area contributed by atoms with E-state index in [2.05, 4.69) is 21.2 Å². The molecule has 1 atom stereocenters. The second kappa shape index (κ2) is 11.5. The highest BCUT2D eigenvalue weighted by Crippen LogP contribution is 2.40. The number of benzene rings is 2. The fourth-order valence-electron chi connectivity index (χ4n) is 4.77. The molecule has 0 radical (unpaired) electrons. The molecule has 1 N–H and O–H groups in total. The number of aromatic nitrogens is 3. The third kappa shape index (κ3) is 5.68. The first-order valence-corrected chi connectivity index (χ1v) is 14.4. The Labute approximate surface area is 234 Å². The van der Waals surface area contributed by atoms with Crippen molar-refractivity contribution in [3.05, 3.63) is 74.4 Å². The summed E-state index contributed by atoms with van der Waals surface area (Å²) in [5, 5.41) is 9.40. The van der Waals surface area contributed by atoms with Crippen LogP contribution in [0.2, 0.25) is 5.02 Å². The minimum atomic E-state index is -0.503. The van der Waals surface area contributed by atoms with Gasteiger partial charge < -0.3 is 14.8 Å². The summed E-state index contributed by atoms with van der Waals surface area (Å²) in [4.78, 5) is 18.3. The average molecular weight is 604 g/mol. The summed E-state index contributed by atoms with van der Waals surface area (Å²) in [7, 11) is 1.62. The molecule has 1 aliphatic heterocycles.